The molecular formula is C9H10N2O3S. The average molecular weight is 226 g/mol. The summed E-state index contributed by atoms with van der Waals surface area (Å²) in [6.07, 6.45) is 1.23. The van der Waals surface area contributed by atoms with Gasteiger partial charge in [-0.15, -0.1) is 0 Å². The van der Waals surface area contributed by atoms with Crippen molar-refractivity contribution in [2.45, 2.75) is 4.90 Å². The average Bonchev–Trinajstić information content (AvgIpc) is 2.23. The molecule has 6 heteroatoms. The lowest BCUT2D eigenvalue weighted by Gasteiger charge is -2.22. The molecule has 0 saturated heterocycles. The first-order valence-corrected chi connectivity index (χ1v) is 5.86. The standard InChI is InChI=1S/C9H10N2O3S/c12-6-5-11-7-10-8-3-1-2-4-9(8)15(11,13)14/h1-4,7,12H,5-6H2. The molecule has 1 aliphatic rings. The Hall–Kier alpha value is -1.40. The van der Waals surface area contributed by atoms with Gasteiger partial charge in [0.25, 0.3) is 10.0 Å². The van der Waals surface area contributed by atoms with Gasteiger partial charge in [0.1, 0.15) is 11.2 Å². The maximum Gasteiger partial charge on any atom is 0.267 e. The molecule has 0 unspecified atom stereocenters. The molecule has 1 heterocycles. The van der Waals surface area contributed by atoms with Crippen LogP contribution in [0.2, 0.25) is 0 Å². The number of para-hydroxylation sites is 1. The Kier molecular flexibility index (Phi) is 2.45. The van der Waals surface area contributed by atoms with E-state index in [4.69, 9.17) is 5.11 Å². The fraction of sp³-hybridized carbons (Fsp3) is 0.222. The minimum absolute atomic E-state index is 0.0279. The van der Waals surface area contributed by atoms with Gasteiger partial charge in [0.15, 0.2) is 0 Å². The Morgan fingerprint density at radius 1 is 1.33 bits per heavy atom. The van der Waals surface area contributed by atoms with Crippen molar-refractivity contribution in [1.29, 1.82) is 0 Å². The highest BCUT2D eigenvalue weighted by Gasteiger charge is 2.27. The van der Waals surface area contributed by atoms with Crippen LogP contribution in [-0.2, 0) is 10.0 Å². The second kappa shape index (κ2) is 3.63. The van der Waals surface area contributed by atoms with Gasteiger partial charge < -0.3 is 5.11 Å². The molecule has 15 heavy (non-hydrogen) atoms. The van der Waals surface area contributed by atoms with Crippen LogP contribution in [0.5, 0.6) is 0 Å². The molecule has 1 aromatic rings. The maximum atomic E-state index is 11.9. The van der Waals surface area contributed by atoms with E-state index in [0.29, 0.717) is 5.69 Å². The third kappa shape index (κ3) is 1.62. The first-order valence-electron chi connectivity index (χ1n) is 4.42. The van der Waals surface area contributed by atoms with E-state index in [0.717, 1.165) is 4.31 Å². The minimum Gasteiger partial charge on any atom is -0.394 e. The number of fused-ring (bicyclic) bond motifs is 1. The molecule has 1 aromatic carbocycles. The van der Waals surface area contributed by atoms with Crippen molar-refractivity contribution in [2.24, 2.45) is 4.99 Å². The fourth-order valence-electron chi connectivity index (χ4n) is 1.37. The van der Waals surface area contributed by atoms with Gasteiger partial charge in [-0.2, -0.15) is 0 Å². The predicted molar refractivity (Wildman–Crippen MR) is 55.6 cm³/mol. The van der Waals surface area contributed by atoms with Gasteiger partial charge in [-0.3, -0.25) is 4.31 Å². The maximum absolute atomic E-state index is 11.9. The minimum atomic E-state index is -3.52. The van der Waals surface area contributed by atoms with Crippen LogP contribution >= 0.6 is 0 Å². The fourth-order valence-corrected chi connectivity index (χ4v) is 2.75. The number of rotatable bonds is 2. The summed E-state index contributed by atoms with van der Waals surface area (Å²) in [5.41, 5.74) is 0.437. The lowest BCUT2D eigenvalue weighted by molar-refractivity contribution is 0.280. The van der Waals surface area contributed by atoms with Gasteiger partial charge in [0.05, 0.1) is 18.8 Å². The highest BCUT2D eigenvalue weighted by molar-refractivity contribution is 7.89. The topological polar surface area (TPSA) is 70.0 Å². The van der Waals surface area contributed by atoms with Crippen LogP contribution in [0.3, 0.4) is 0 Å². The summed E-state index contributed by atoms with van der Waals surface area (Å²) in [6, 6.07) is 6.52. The zero-order valence-corrected chi connectivity index (χ0v) is 8.68. The molecule has 0 spiro atoms. The molecule has 0 saturated carbocycles. The third-order valence-electron chi connectivity index (χ3n) is 2.10. The van der Waals surface area contributed by atoms with Gasteiger partial charge in [-0.05, 0) is 12.1 Å². The van der Waals surface area contributed by atoms with E-state index in [1.54, 1.807) is 18.2 Å². The second-order valence-electron chi connectivity index (χ2n) is 3.05. The summed E-state index contributed by atoms with van der Waals surface area (Å²) in [5.74, 6) is 0. The lowest BCUT2D eigenvalue weighted by atomic mass is 10.3. The number of nitrogens with zero attached hydrogens (tertiary/aromatic N) is 2. The number of aliphatic hydroxyl groups excluding tert-OH is 1. The quantitative estimate of drug-likeness (QED) is 0.790. The number of sulfonamides is 1. The first kappa shape index (κ1) is 10.1. The monoisotopic (exact) mass is 226 g/mol. The van der Waals surface area contributed by atoms with Crippen LogP contribution in [-0.4, -0.2) is 37.3 Å². The van der Waals surface area contributed by atoms with E-state index >= 15 is 0 Å². The summed E-state index contributed by atoms with van der Waals surface area (Å²) in [5, 5.41) is 8.73. The van der Waals surface area contributed by atoms with E-state index in [1.807, 2.05) is 0 Å². The zero-order chi connectivity index (χ0) is 10.9. The molecule has 0 radical (unpaired) electrons. The SMILES string of the molecule is O=S1(=O)c2ccccc2N=CN1CCO. The van der Waals surface area contributed by atoms with Crippen molar-refractivity contribution >= 4 is 22.0 Å². The predicted octanol–water partition coefficient (Wildman–Crippen LogP) is 0.343. The van der Waals surface area contributed by atoms with Crippen molar-refractivity contribution in [2.75, 3.05) is 13.2 Å². The highest BCUT2D eigenvalue weighted by atomic mass is 32.2. The molecule has 0 fully saturated rings. The van der Waals surface area contributed by atoms with Crippen molar-refractivity contribution < 1.29 is 13.5 Å². The van der Waals surface area contributed by atoms with Crippen molar-refractivity contribution in [3.05, 3.63) is 24.3 Å². The van der Waals surface area contributed by atoms with Gasteiger partial charge in [0, 0.05) is 0 Å². The smallest absolute Gasteiger partial charge is 0.267 e. The van der Waals surface area contributed by atoms with Crippen molar-refractivity contribution in [3.63, 3.8) is 0 Å². The van der Waals surface area contributed by atoms with Crippen LogP contribution in [0, 0.1) is 0 Å². The van der Waals surface area contributed by atoms with Crippen LogP contribution in [0.15, 0.2) is 34.2 Å². The van der Waals surface area contributed by atoms with E-state index in [9.17, 15) is 8.42 Å². The van der Waals surface area contributed by atoms with Crippen LogP contribution in [0.25, 0.3) is 0 Å². The Bertz CT molecular complexity index is 496. The normalized spacial score (nSPS) is 17.5. The Morgan fingerprint density at radius 3 is 2.80 bits per heavy atom. The molecule has 0 bridgehead atoms. The van der Waals surface area contributed by atoms with Gasteiger partial charge >= 0.3 is 0 Å². The molecule has 5 nitrogen and oxygen atoms in total. The number of β-amino-alcohol motifs (C(OH)–C–C–N with tert-alkyl or cyclic N) is 1. The molecule has 0 aromatic heterocycles. The molecule has 2 rings (SSSR count). The second-order valence-corrected chi connectivity index (χ2v) is 4.91. The summed E-state index contributed by atoms with van der Waals surface area (Å²) in [7, 11) is -3.52. The summed E-state index contributed by atoms with van der Waals surface area (Å²) >= 11 is 0. The summed E-state index contributed by atoms with van der Waals surface area (Å²) < 4.78 is 24.9. The molecule has 0 atom stereocenters. The number of hydrogen-bond donors (Lipinski definition) is 1. The third-order valence-corrected chi connectivity index (χ3v) is 3.89. The van der Waals surface area contributed by atoms with Crippen LogP contribution < -0.4 is 0 Å². The molecule has 0 aliphatic carbocycles. The van der Waals surface area contributed by atoms with E-state index < -0.39 is 10.0 Å². The van der Waals surface area contributed by atoms with Gasteiger partial charge in [-0.25, -0.2) is 13.4 Å². The Balaban J connectivity index is 2.53. The van der Waals surface area contributed by atoms with Gasteiger partial charge in [-0.1, -0.05) is 12.1 Å². The largest absolute Gasteiger partial charge is 0.394 e. The van der Waals surface area contributed by atoms with Gasteiger partial charge in [0.2, 0.25) is 0 Å². The Morgan fingerprint density at radius 2 is 2.07 bits per heavy atom. The first-order chi connectivity index (χ1) is 7.16. The number of hydrogen-bond acceptors (Lipinski definition) is 4. The number of aliphatic imine (C=N–C) groups is 1. The van der Waals surface area contributed by atoms with E-state index in [-0.39, 0.29) is 18.0 Å². The van der Waals surface area contributed by atoms with Crippen LogP contribution in [0.1, 0.15) is 0 Å². The van der Waals surface area contributed by atoms with E-state index in [2.05, 4.69) is 4.99 Å². The molecule has 1 aliphatic heterocycles. The zero-order valence-electron chi connectivity index (χ0n) is 7.87. The highest BCUT2D eigenvalue weighted by Crippen LogP contribution is 2.29. The number of aliphatic hydroxyl groups is 1. The molecule has 0 amide bonds. The lowest BCUT2D eigenvalue weighted by Crippen LogP contribution is -2.34. The molecule has 80 valence electrons. The number of benzene rings is 1. The summed E-state index contributed by atoms with van der Waals surface area (Å²) in [4.78, 5) is 4.18. The van der Waals surface area contributed by atoms with Crippen molar-refractivity contribution in [1.82, 2.24) is 4.31 Å². The van der Waals surface area contributed by atoms with Crippen LogP contribution in [0.4, 0.5) is 5.69 Å². The Labute approximate surface area is 87.7 Å². The van der Waals surface area contributed by atoms with Crippen molar-refractivity contribution in [3.8, 4) is 0 Å². The van der Waals surface area contributed by atoms with E-state index in [1.165, 1.54) is 12.4 Å². The molecular weight excluding hydrogens is 216 g/mol. The summed E-state index contributed by atoms with van der Waals surface area (Å²) in [6.45, 7) is -0.201. The molecule has 1 N–H and O–H groups in total.